The molecule has 11 rings (SSSR count). The fourth-order valence-corrected chi connectivity index (χ4v) is 12.1. The Hall–Kier alpha value is -1.33. The van der Waals surface area contributed by atoms with Crippen LogP contribution >= 0.6 is 23.2 Å². The average Bonchev–Trinajstić information content (AvgIpc) is 3.54. The van der Waals surface area contributed by atoms with Crippen LogP contribution in [0.1, 0.15) is 92.9 Å². The Kier molecular flexibility index (Phi) is 10.9. The van der Waals surface area contributed by atoms with Crippen molar-refractivity contribution in [3.05, 3.63) is 28.2 Å². The molecule has 2 N–H and O–H groups in total. The van der Waals surface area contributed by atoms with Gasteiger partial charge in [0, 0.05) is 48.1 Å². The Bertz CT molecular complexity index is 1650. The fourth-order valence-electron chi connectivity index (χ4n) is 11.7. The third-order valence-corrected chi connectivity index (χ3v) is 15.2. The second-order valence-electron chi connectivity index (χ2n) is 18.2. The van der Waals surface area contributed by atoms with Crippen molar-refractivity contribution in [2.24, 2.45) is 52.3 Å². The Morgan fingerprint density at radius 2 is 1.29 bits per heavy atom. The number of anilines is 1. The highest BCUT2D eigenvalue weighted by atomic mass is 35.5. The summed E-state index contributed by atoms with van der Waals surface area (Å²) < 4.78 is 39.1. The minimum absolute atomic E-state index is 0.0725. The number of hydrogen-bond acceptors (Lipinski definition) is 11. The SMILES string of the molecule is C[C@@H]1CC[C@H]2[C@@H](C)C(OCCN=C(NCCOC3O[C@@H]4O[C@]5(C)CC[C@@H]6[C@@H](C)CC[C@H]([C@@H]3C)[C@]46OO5)Nc3ccc(Cl)cc3Cl)O[C@H]3O[C@@]4(C)CC[C@@H]1[C@]32OO4. The van der Waals surface area contributed by atoms with Crippen LogP contribution in [0.25, 0.3) is 0 Å². The molecule has 8 aliphatic heterocycles. The molecule has 8 saturated heterocycles. The quantitative estimate of drug-likeness (QED) is 0.109. The summed E-state index contributed by atoms with van der Waals surface area (Å²) in [6, 6.07) is 5.30. The van der Waals surface area contributed by atoms with Crippen molar-refractivity contribution in [3.8, 4) is 0 Å². The van der Waals surface area contributed by atoms with Gasteiger partial charge in [-0.05, 0) is 94.2 Å². The molecular formula is C41H59Cl2N3O10. The summed E-state index contributed by atoms with van der Waals surface area (Å²) in [6.45, 7) is 14.4. The highest BCUT2D eigenvalue weighted by Gasteiger charge is 2.71. The highest BCUT2D eigenvalue weighted by Crippen LogP contribution is 2.62. The van der Waals surface area contributed by atoms with Gasteiger partial charge in [-0.25, -0.2) is 19.6 Å². The second-order valence-corrected chi connectivity index (χ2v) is 19.0. The molecule has 16 atom stereocenters. The van der Waals surface area contributed by atoms with E-state index >= 15 is 0 Å². The molecular weight excluding hydrogens is 765 g/mol. The number of fused-ring (bicyclic) bond motifs is 4. The lowest BCUT2D eigenvalue weighted by Crippen LogP contribution is -2.70. The highest BCUT2D eigenvalue weighted by molar-refractivity contribution is 6.36. The first kappa shape index (κ1) is 40.1. The smallest absolute Gasteiger partial charge is 0.201 e. The Labute approximate surface area is 340 Å². The van der Waals surface area contributed by atoms with Crippen LogP contribution in [0.3, 0.4) is 0 Å². The molecule has 15 heteroatoms. The topological polar surface area (TPSA) is 129 Å². The zero-order valence-electron chi connectivity index (χ0n) is 33.4. The van der Waals surface area contributed by atoms with E-state index in [1.807, 2.05) is 19.9 Å². The number of hydrogen-bond donors (Lipinski definition) is 2. The van der Waals surface area contributed by atoms with Crippen LogP contribution < -0.4 is 10.6 Å². The van der Waals surface area contributed by atoms with E-state index in [1.54, 1.807) is 12.1 Å². The number of benzene rings is 1. The summed E-state index contributed by atoms with van der Waals surface area (Å²) in [5, 5.41) is 7.78. The van der Waals surface area contributed by atoms with E-state index in [0.717, 1.165) is 51.4 Å². The zero-order valence-corrected chi connectivity index (χ0v) is 34.9. The van der Waals surface area contributed by atoms with E-state index in [1.165, 1.54) is 0 Å². The molecule has 8 heterocycles. The van der Waals surface area contributed by atoms with Gasteiger partial charge < -0.3 is 39.1 Å². The normalized spacial score (nSPS) is 48.0. The lowest BCUT2D eigenvalue weighted by molar-refractivity contribution is -0.577. The van der Waals surface area contributed by atoms with Gasteiger partial charge >= 0.3 is 0 Å². The number of guanidine groups is 1. The van der Waals surface area contributed by atoms with Crippen molar-refractivity contribution in [2.45, 2.75) is 141 Å². The molecule has 4 bridgehead atoms. The maximum atomic E-state index is 6.62. The van der Waals surface area contributed by atoms with Crippen LogP contribution in [-0.2, 0) is 48.0 Å². The Morgan fingerprint density at radius 1 is 0.732 bits per heavy atom. The first-order valence-electron chi connectivity index (χ1n) is 21.0. The predicted octanol–water partition coefficient (Wildman–Crippen LogP) is 7.80. The van der Waals surface area contributed by atoms with Gasteiger partial charge in [0.05, 0.1) is 30.5 Å². The van der Waals surface area contributed by atoms with Crippen LogP contribution in [0, 0.1) is 47.3 Å². The van der Waals surface area contributed by atoms with Gasteiger partial charge in [-0.1, -0.05) is 50.9 Å². The van der Waals surface area contributed by atoms with E-state index < -0.39 is 47.9 Å². The van der Waals surface area contributed by atoms with Crippen LogP contribution in [-0.4, -0.2) is 80.2 Å². The molecule has 2 spiro atoms. The second kappa shape index (κ2) is 15.3. The summed E-state index contributed by atoms with van der Waals surface area (Å²) in [6.07, 6.45) is 5.73. The van der Waals surface area contributed by atoms with Crippen molar-refractivity contribution in [2.75, 3.05) is 31.6 Å². The lowest BCUT2D eigenvalue weighted by Gasteiger charge is -2.60. The molecule has 10 fully saturated rings. The number of rotatable bonds is 9. The molecule has 1 aromatic carbocycles. The number of nitrogens with zero attached hydrogens (tertiary/aromatic N) is 1. The van der Waals surface area contributed by atoms with Gasteiger partial charge in [0.25, 0.3) is 0 Å². The summed E-state index contributed by atoms with van der Waals surface area (Å²) in [4.78, 5) is 29.4. The molecule has 10 aliphatic rings. The maximum Gasteiger partial charge on any atom is 0.201 e. The first-order valence-corrected chi connectivity index (χ1v) is 21.7. The van der Waals surface area contributed by atoms with Crippen LogP contribution in [0.2, 0.25) is 10.0 Å². The standard InChI is InChI=1S/C41H59Cl2N3O10/c1-22-7-10-29-24(3)33(49-35-40(29)27(22)13-15-38(5,51-35)53-55-40)47-19-17-44-37(46-32-12-9-26(42)21-31(32)43)45-18-20-48-34-25(4)30-11-8-23(2)28-14-16-39(6)52-36(50-34)41(28,30)56-54-39/h9,12,21-25,27-30,33-36H,7-8,10-11,13-20H2,1-6H3,(H2,44,45,46)/t22-,23+,24-,25+,27+,28-,29+,30-,33?,34?,35+,36-,38-,39+,40-,41+. The number of aliphatic imine (C=N–C) groups is 1. The minimum Gasteiger partial charge on any atom is -0.354 e. The summed E-state index contributed by atoms with van der Waals surface area (Å²) in [5.41, 5.74) is -0.590. The van der Waals surface area contributed by atoms with Gasteiger partial charge in [0.1, 0.15) is 0 Å². The van der Waals surface area contributed by atoms with E-state index in [0.29, 0.717) is 71.7 Å². The van der Waals surface area contributed by atoms with Crippen molar-refractivity contribution < 1.29 is 48.0 Å². The van der Waals surface area contributed by atoms with Gasteiger partial charge in [-0.15, -0.1) is 0 Å². The third kappa shape index (κ3) is 6.81. The molecule has 0 aromatic heterocycles. The van der Waals surface area contributed by atoms with Crippen LogP contribution in [0.4, 0.5) is 5.69 Å². The largest absolute Gasteiger partial charge is 0.354 e. The minimum atomic E-state index is -0.836. The maximum absolute atomic E-state index is 6.62. The van der Waals surface area contributed by atoms with Crippen LogP contribution in [0.15, 0.2) is 23.2 Å². The number of nitrogens with one attached hydrogen (secondary N) is 2. The fraction of sp³-hybridized carbons (Fsp3) is 0.829. The third-order valence-electron chi connectivity index (χ3n) is 14.7. The zero-order chi connectivity index (χ0) is 39.0. The van der Waals surface area contributed by atoms with Gasteiger partial charge in [-0.3, -0.25) is 4.99 Å². The van der Waals surface area contributed by atoms with Crippen LogP contribution in [0.5, 0.6) is 0 Å². The molecule has 2 aliphatic carbocycles. The van der Waals surface area contributed by atoms with Gasteiger partial charge in [0.2, 0.25) is 11.6 Å². The number of ether oxygens (including phenoxy) is 6. The molecule has 13 nitrogen and oxygen atoms in total. The molecule has 2 saturated carbocycles. The van der Waals surface area contributed by atoms with Gasteiger partial charge in [0.15, 0.2) is 42.3 Å². The lowest BCUT2D eigenvalue weighted by atomic mass is 9.58. The van der Waals surface area contributed by atoms with Crippen molar-refractivity contribution in [1.82, 2.24) is 5.32 Å². The van der Waals surface area contributed by atoms with E-state index in [-0.39, 0.29) is 23.7 Å². The predicted molar refractivity (Wildman–Crippen MR) is 206 cm³/mol. The van der Waals surface area contributed by atoms with Crippen molar-refractivity contribution in [1.29, 1.82) is 0 Å². The molecule has 2 unspecified atom stereocenters. The molecule has 0 amide bonds. The molecule has 0 radical (unpaired) electrons. The average molecular weight is 825 g/mol. The Morgan fingerprint density at radius 3 is 1.84 bits per heavy atom. The van der Waals surface area contributed by atoms with Crippen molar-refractivity contribution >= 4 is 34.8 Å². The monoisotopic (exact) mass is 823 g/mol. The Balaban J connectivity index is 0.840. The van der Waals surface area contributed by atoms with Crippen molar-refractivity contribution in [3.63, 3.8) is 0 Å². The van der Waals surface area contributed by atoms with E-state index in [9.17, 15) is 0 Å². The first-order chi connectivity index (χ1) is 26.8. The molecule has 312 valence electrons. The summed E-state index contributed by atoms with van der Waals surface area (Å²) in [5.74, 6) is 0.963. The van der Waals surface area contributed by atoms with Gasteiger partial charge in [-0.2, -0.15) is 0 Å². The van der Waals surface area contributed by atoms with E-state index in [2.05, 4.69) is 38.3 Å². The summed E-state index contributed by atoms with van der Waals surface area (Å²) >= 11 is 12.8. The molecule has 56 heavy (non-hydrogen) atoms. The summed E-state index contributed by atoms with van der Waals surface area (Å²) in [7, 11) is 0. The van der Waals surface area contributed by atoms with E-state index in [4.69, 9.17) is 76.2 Å². The number of halogens is 2. The molecule has 1 aromatic rings.